The van der Waals surface area contributed by atoms with Crippen molar-refractivity contribution in [3.63, 3.8) is 0 Å². The number of hydrogen-bond donors (Lipinski definition) is 4. The molecule has 0 saturated carbocycles. The molecule has 0 fully saturated rings. The van der Waals surface area contributed by atoms with Crippen molar-refractivity contribution in [1.29, 1.82) is 0 Å². The molecule has 0 aliphatic rings. The molecule has 0 aromatic rings. The highest BCUT2D eigenvalue weighted by atomic mass is 16.4. The summed E-state index contributed by atoms with van der Waals surface area (Å²) < 4.78 is 0. The smallest absolute Gasteiger partial charge is 0.346 e. The maximum absolute atomic E-state index is 10.1. The zero-order valence-electron chi connectivity index (χ0n) is 6.17. The maximum Gasteiger partial charge on any atom is 0.346 e. The first-order valence-electron chi connectivity index (χ1n) is 2.69. The standard InChI is InChI=1S/C5H6O7.H2O/c6-1-5(12,4(10)11)2(7)3(8)9;/h1-2,7,12H,(H,8,9)(H,10,11);1H2. The predicted molar refractivity (Wildman–Crippen MR) is 35.9 cm³/mol. The lowest BCUT2D eigenvalue weighted by Crippen LogP contribution is -2.54. The largest absolute Gasteiger partial charge is 0.479 e. The monoisotopic (exact) mass is 196 g/mol. The van der Waals surface area contributed by atoms with Gasteiger partial charge in [0, 0.05) is 0 Å². The van der Waals surface area contributed by atoms with Crippen molar-refractivity contribution >= 4 is 18.2 Å². The molecule has 0 aromatic carbocycles. The first-order chi connectivity index (χ1) is 5.36. The van der Waals surface area contributed by atoms with Gasteiger partial charge in [-0.15, -0.1) is 0 Å². The highest BCUT2D eigenvalue weighted by Crippen LogP contribution is 2.08. The van der Waals surface area contributed by atoms with Crippen LogP contribution < -0.4 is 0 Å². The van der Waals surface area contributed by atoms with Crippen LogP contribution in [0.4, 0.5) is 0 Å². The van der Waals surface area contributed by atoms with Gasteiger partial charge in [-0.1, -0.05) is 0 Å². The van der Waals surface area contributed by atoms with Gasteiger partial charge in [-0.05, 0) is 0 Å². The first-order valence-corrected chi connectivity index (χ1v) is 2.69. The molecule has 13 heavy (non-hydrogen) atoms. The minimum Gasteiger partial charge on any atom is -0.479 e. The lowest BCUT2D eigenvalue weighted by Gasteiger charge is -2.18. The highest BCUT2D eigenvalue weighted by Gasteiger charge is 2.48. The number of aliphatic hydroxyl groups is 2. The summed E-state index contributed by atoms with van der Waals surface area (Å²) in [6, 6.07) is 0. The van der Waals surface area contributed by atoms with Crippen molar-refractivity contribution in [2.24, 2.45) is 0 Å². The Kier molecular flexibility index (Phi) is 4.86. The summed E-state index contributed by atoms with van der Waals surface area (Å²) in [5, 5.41) is 33.5. The summed E-state index contributed by atoms with van der Waals surface area (Å²) in [5.74, 6) is -4.11. The SMILES string of the molecule is O.O=CC(O)(C(=O)O)C(O)C(=O)O. The lowest BCUT2D eigenvalue weighted by molar-refractivity contribution is -0.182. The van der Waals surface area contributed by atoms with Gasteiger partial charge in [0.05, 0.1) is 0 Å². The third-order valence-electron chi connectivity index (χ3n) is 1.17. The van der Waals surface area contributed by atoms with Crippen LogP contribution in [0.2, 0.25) is 0 Å². The van der Waals surface area contributed by atoms with Crippen LogP contribution in [0.1, 0.15) is 0 Å². The van der Waals surface area contributed by atoms with Gasteiger partial charge in [-0.25, -0.2) is 9.59 Å². The van der Waals surface area contributed by atoms with Crippen molar-refractivity contribution in [1.82, 2.24) is 0 Å². The molecule has 2 atom stereocenters. The Hall–Kier alpha value is -1.51. The van der Waals surface area contributed by atoms with E-state index in [4.69, 9.17) is 20.4 Å². The molecule has 0 rings (SSSR count). The van der Waals surface area contributed by atoms with Crippen LogP contribution in [0.3, 0.4) is 0 Å². The number of aliphatic hydroxyl groups excluding tert-OH is 1. The third-order valence-corrected chi connectivity index (χ3v) is 1.17. The molecular weight excluding hydrogens is 188 g/mol. The predicted octanol–water partition coefficient (Wildman–Crippen LogP) is -3.38. The Balaban J connectivity index is 0. The number of carbonyl (C=O) groups excluding carboxylic acids is 1. The van der Waals surface area contributed by atoms with Crippen LogP contribution in [0.15, 0.2) is 0 Å². The van der Waals surface area contributed by atoms with Crippen molar-refractivity contribution in [2.45, 2.75) is 11.7 Å². The van der Waals surface area contributed by atoms with Gasteiger partial charge in [0.1, 0.15) is 0 Å². The molecule has 0 aliphatic carbocycles. The fourth-order valence-electron chi connectivity index (χ4n) is 0.420. The number of aldehydes is 1. The highest BCUT2D eigenvalue weighted by molar-refractivity contribution is 6.01. The molecule has 8 heteroatoms. The van der Waals surface area contributed by atoms with Crippen LogP contribution >= 0.6 is 0 Å². The van der Waals surface area contributed by atoms with E-state index in [1.165, 1.54) is 0 Å². The van der Waals surface area contributed by atoms with Crippen molar-refractivity contribution < 1.29 is 40.3 Å². The van der Waals surface area contributed by atoms with Gasteiger partial charge in [0.2, 0.25) is 0 Å². The van der Waals surface area contributed by atoms with E-state index in [2.05, 4.69) is 0 Å². The summed E-state index contributed by atoms with van der Waals surface area (Å²) in [6.45, 7) is 0. The van der Waals surface area contributed by atoms with Gasteiger partial charge in [0.15, 0.2) is 12.4 Å². The van der Waals surface area contributed by atoms with Crippen LogP contribution in [0.5, 0.6) is 0 Å². The molecule has 0 bridgehead atoms. The molecular formula is C5H8O8. The third kappa shape index (κ3) is 2.47. The minimum absolute atomic E-state index is 0. The average molecular weight is 196 g/mol. The van der Waals surface area contributed by atoms with Crippen LogP contribution in [0, 0.1) is 0 Å². The van der Waals surface area contributed by atoms with E-state index in [9.17, 15) is 14.4 Å². The van der Waals surface area contributed by atoms with E-state index in [1.54, 1.807) is 0 Å². The molecule has 0 aromatic heterocycles. The van der Waals surface area contributed by atoms with Crippen LogP contribution in [-0.4, -0.2) is 55.8 Å². The number of carbonyl (C=O) groups is 3. The zero-order chi connectivity index (χ0) is 9.94. The van der Waals surface area contributed by atoms with E-state index in [0.29, 0.717) is 0 Å². The number of hydrogen-bond acceptors (Lipinski definition) is 5. The molecule has 8 nitrogen and oxygen atoms in total. The maximum atomic E-state index is 10.1. The summed E-state index contributed by atoms with van der Waals surface area (Å²) in [7, 11) is 0. The van der Waals surface area contributed by atoms with Crippen LogP contribution in [0.25, 0.3) is 0 Å². The molecule has 0 radical (unpaired) electrons. The lowest BCUT2D eigenvalue weighted by atomic mass is 9.99. The van der Waals surface area contributed by atoms with E-state index in [-0.39, 0.29) is 5.48 Å². The number of rotatable bonds is 4. The van der Waals surface area contributed by atoms with Crippen molar-refractivity contribution in [3.05, 3.63) is 0 Å². The Labute approximate surface area is 71.3 Å². The van der Waals surface area contributed by atoms with Crippen molar-refractivity contribution in [2.75, 3.05) is 0 Å². The molecule has 0 aliphatic heterocycles. The Morgan fingerprint density at radius 2 is 1.69 bits per heavy atom. The van der Waals surface area contributed by atoms with E-state index in [0.717, 1.165) is 0 Å². The first kappa shape index (κ1) is 14.0. The van der Waals surface area contributed by atoms with Gasteiger partial charge < -0.3 is 25.9 Å². The summed E-state index contributed by atoms with van der Waals surface area (Å²) in [5.41, 5.74) is -3.29. The second kappa shape index (κ2) is 4.50. The number of carboxylic acids is 2. The molecule has 0 amide bonds. The number of carboxylic acid groups (broad SMARTS) is 2. The molecule has 6 N–H and O–H groups in total. The van der Waals surface area contributed by atoms with Gasteiger partial charge in [-0.3, -0.25) is 4.79 Å². The fourth-order valence-corrected chi connectivity index (χ4v) is 0.420. The summed E-state index contributed by atoms with van der Waals surface area (Å²) in [4.78, 5) is 30.0. The average Bonchev–Trinajstić information content (AvgIpc) is 2.01. The summed E-state index contributed by atoms with van der Waals surface area (Å²) in [6.07, 6.45) is -3.22. The van der Waals surface area contributed by atoms with Gasteiger partial charge in [-0.2, -0.15) is 0 Å². The van der Waals surface area contributed by atoms with E-state index in [1.807, 2.05) is 0 Å². The zero-order valence-corrected chi connectivity index (χ0v) is 6.17. The molecule has 76 valence electrons. The molecule has 0 saturated heterocycles. The molecule has 0 spiro atoms. The normalized spacial score (nSPS) is 16.2. The quantitative estimate of drug-likeness (QED) is 0.269. The van der Waals surface area contributed by atoms with Gasteiger partial charge in [0.25, 0.3) is 5.60 Å². The Morgan fingerprint density at radius 3 is 1.77 bits per heavy atom. The van der Waals surface area contributed by atoms with Gasteiger partial charge >= 0.3 is 11.9 Å². The Morgan fingerprint density at radius 1 is 1.31 bits per heavy atom. The van der Waals surface area contributed by atoms with Crippen LogP contribution in [-0.2, 0) is 14.4 Å². The molecule has 0 heterocycles. The molecule has 2 unspecified atom stereocenters. The topological polar surface area (TPSA) is 164 Å². The van der Waals surface area contributed by atoms with E-state index >= 15 is 0 Å². The second-order valence-corrected chi connectivity index (χ2v) is 1.99. The minimum atomic E-state index is -3.29. The second-order valence-electron chi connectivity index (χ2n) is 1.99. The Bertz CT molecular complexity index is 223. The van der Waals surface area contributed by atoms with Crippen molar-refractivity contribution in [3.8, 4) is 0 Å². The fraction of sp³-hybridized carbons (Fsp3) is 0.400. The number of aliphatic carboxylic acids is 2. The summed E-state index contributed by atoms with van der Waals surface area (Å²) >= 11 is 0. The van der Waals surface area contributed by atoms with E-state index < -0.39 is 29.9 Å².